The lowest BCUT2D eigenvalue weighted by atomic mass is 9.97. The van der Waals surface area contributed by atoms with Crippen LogP contribution in [0.1, 0.15) is 16.0 Å². The molecule has 1 aromatic heterocycles. The second-order valence-corrected chi connectivity index (χ2v) is 7.91. The number of hydrogen-bond acceptors (Lipinski definition) is 6. The molecule has 25 heavy (non-hydrogen) atoms. The van der Waals surface area contributed by atoms with Crippen molar-refractivity contribution in [3.8, 4) is 0 Å². The van der Waals surface area contributed by atoms with Crippen LogP contribution in [0.15, 0.2) is 35.7 Å². The largest absolute Gasteiger partial charge is 0.478 e. The van der Waals surface area contributed by atoms with Gasteiger partial charge >= 0.3 is 16.4 Å². The van der Waals surface area contributed by atoms with Gasteiger partial charge in [0, 0.05) is 28.6 Å². The van der Waals surface area contributed by atoms with Gasteiger partial charge in [-0.15, -0.1) is 11.3 Å². The van der Waals surface area contributed by atoms with E-state index in [2.05, 4.69) is 0 Å². The van der Waals surface area contributed by atoms with Crippen LogP contribution in [0.4, 0.5) is 0 Å². The molecule has 0 radical (unpaired) electrons. The third-order valence-electron chi connectivity index (χ3n) is 4.01. The van der Waals surface area contributed by atoms with Crippen molar-refractivity contribution in [3.63, 3.8) is 0 Å². The van der Waals surface area contributed by atoms with Gasteiger partial charge < -0.3 is 5.11 Å². The van der Waals surface area contributed by atoms with E-state index in [1.807, 2.05) is 11.4 Å². The summed E-state index contributed by atoms with van der Waals surface area (Å²) < 4.78 is 37.0. The first kappa shape index (κ1) is 18.3. The molecule has 2 N–H and O–H groups in total. The maximum absolute atomic E-state index is 12.2. The summed E-state index contributed by atoms with van der Waals surface area (Å²) in [6.45, 7) is 0.367. The Kier molecular flexibility index (Phi) is 4.89. The maximum Gasteiger partial charge on any atom is 0.400 e. The highest BCUT2D eigenvalue weighted by Gasteiger charge is 2.53. The van der Waals surface area contributed by atoms with Crippen molar-refractivity contribution in [3.05, 3.63) is 56.7 Å². The molecule has 0 amide bonds. The molecule has 0 aliphatic carbocycles. The van der Waals surface area contributed by atoms with Gasteiger partial charge in [0.05, 0.1) is 0 Å². The van der Waals surface area contributed by atoms with Crippen molar-refractivity contribution in [2.75, 3.05) is 6.54 Å². The Bertz CT molecular complexity index is 912. The number of carboxylic acid groups (broad SMARTS) is 1. The second kappa shape index (κ2) is 6.67. The molecule has 0 bridgehead atoms. The average molecular weight is 404 g/mol. The van der Waals surface area contributed by atoms with Crippen LogP contribution in [0, 0.1) is 0 Å². The molecule has 7 nitrogen and oxygen atoms in total. The smallest absolute Gasteiger partial charge is 0.400 e. The molecule has 0 unspecified atom stereocenters. The van der Waals surface area contributed by atoms with Crippen LogP contribution < -0.4 is 0 Å². The number of fused-ring (bicyclic) bond motifs is 1. The number of rotatable bonds is 5. The molecule has 0 fully saturated rings. The van der Waals surface area contributed by atoms with E-state index in [9.17, 15) is 22.9 Å². The highest BCUT2D eigenvalue weighted by molar-refractivity contribution is 7.80. The molecule has 1 atom stereocenters. The first-order chi connectivity index (χ1) is 11.7. The molecule has 134 valence electrons. The Labute approximate surface area is 153 Å². The molecule has 0 spiro atoms. The zero-order chi connectivity index (χ0) is 18.2. The third kappa shape index (κ3) is 3.43. The third-order valence-corrected chi connectivity index (χ3v) is 5.81. The minimum atomic E-state index is -5.08. The zero-order valence-corrected chi connectivity index (χ0v) is 15.1. The lowest BCUT2D eigenvalue weighted by molar-refractivity contribution is -0.181. The van der Waals surface area contributed by atoms with Gasteiger partial charge in [0.15, 0.2) is 0 Å². The first-order valence-electron chi connectivity index (χ1n) is 7.21. The van der Waals surface area contributed by atoms with Crippen LogP contribution in [0.2, 0.25) is 5.02 Å². The summed E-state index contributed by atoms with van der Waals surface area (Å²) in [5, 5.41) is 11.8. The highest BCUT2D eigenvalue weighted by atomic mass is 35.5. The van der Waals surface area contributed by atoms with Gasteiger partial charge in [-0.05, 0) is 29.5 Å². The van der Waals surface area contributed by atoms with Crippen molar-refractivity contribution >= 4 is 39.3 Å². The SMILES string of the molecule is O=C(O)[C@@](OS(=O)(=O)O)(c1ccccc1Cl)N1CCc2sccc2C1. The first-order valence-corrected chi connectivity index (χ1v) is 9.83. The van der Waals surface area contributed by atoms with E-state index in [0.717, 1.165) is 10.4 Å². The van der Waals surface area contributed by atoms with E-state index in [-0.39, 0.29) is 23.7 Å². The molecule has 1 aliphatic rings. The number of thiophene rings is 1. The Morgan fingerprint density at radius 2 is 2.04 bits per heavy atom. The molecule has 0 saturated carbocycles. The summed E-state index contributed by atoms with van der Waals surface area (Å²) >= 11 is 7.69. The van der Waals surface area contributed by atoms with Crippen molar-refractivity contribution in [2.24, 2.45) is 0 Å². The number of hydrogen-bond donors (Lipinski definition) is 2. The normalized spacial score (nSPS) is 17.7. The number of nitrogens with zero attached hydrogens (tertiary/aromatic N) is 1. The van der Waals surface area contributed by atoms with E-state index in [1.165, 1.54) is 23.1 Å². The van der Waals surface area contributed by atoms with E-state index in [1.54, 1.807) is 17.4 Å². The number of aliphatic carboxylic acids is 1. The van der Waals surface area contributed by atoms with E-state index >= 15 is 0 Å². The van der Waals surface area contributed by atoms with Crippen LogP contribution >= 0.6 is 22.9 Å². The number of halogens is 1. The van der Waals surface area contributed by atoms with Gasteiger partial charge in [-0.25, -0.2) is 8.98 Å². The standard InChI is InChI=1S/C15H14ClNO6S2/c16-12-4-2-1-3-11(12)15(14(18)19,23-25(20,21)22)17-7-5-13-10(9-17)6-8-24-13/h1-4,6,8H,5,7,9H2,(H,18,19)(H,20,21,22)/t15-/m0/s1. The van der Waals surface area contributed by atoms with E-state index < -0.39 is 22.1 Å². The number of carbonyl (C=O) groups is 1. The lowest BCUT2D eigenvalue weighted by Gasteiger charge is -2.41. The summed E-state index contributed by atoms with van der Waals surface area (Å²) in [5.41, 5.74) is -1.65. The molecule has 1 aliphatic heterocycles. The van der Waals surface area contributed by atoms with Gasteiger partial charge in [0.1, 0.15) is 0 Å². The molecule has 1 aromatic carbocycles. The van der Waals surface area contributed by atoms with Crippen molar-refractivity contribution in [2.45, 2.75) is 18.7 Å². The Hall–Kier alpha value is -1.49. The topological polar surface area (TPSA) is 104 Å². The van der Waals surface area contributed by atoms with Crippen molar-refractivity contribution < 1.29 is 27.1 Å². The number of benzene rings is 1. The average Bonchev–Trinajstić information content (AvgIpc) is 2.99. The minimum absolute atomic E-state index is 0.0182. The maximum atomic E-state index is 12.2. The molecular weight excluding hydrogens is 390 g/mol. The highest BCUT2D eigenvalue weighted by Crippen LogP contribution is 2.40. The van der Waals surface area contributed by atoms with Crippen LogP contribution in [0.3, 0.4) is 0 Å². The predicted octanol–water partition coefficient (Wildman–Crippen LogP) is 2.52. The molecule has 2 aromatic rings. The molecular formula is C15H14ClNO6S2. The number of carboxylic acids is 1. The zero-order valence-electron chi connectivity index (χ0n) is 12.8. The van der Waals surface area contributed by atoms with Crippen LogP contribution in [-0.4, -0.2) is 35.5 Å². The van der Waals surface area contributed by atoms with Gasteiger partial charge in [-0.3, -0.25) is 9.45 Å². The fourth-order valence-electron chi connectivity index (χ4n) is 2.96. The van der Waals surface area contributed by atoms with Gasteiger partial charge in [-0.2, -0.15) is 8.42 Å². The monoisotopic (exact) mass is 403 g/mol. The van der Waals surface area contributed by atoms with Crippen LogP contribution in [0.25, 0.3) is 0 Å². The molecule has 10 heteroatoms. The minimum Gasteiger partial charge on any atom is -0.478 e. The van der Waals surface area contributed by atoms with Gasteiger partial charge in [0.2, 0.25) is 0 Å². The molecule has 2 heterocycles. The summed E-state index contributed by atoms with van der Waals surface area (Å²) in [7, 11) is -5.08. The van der Waals surface area contributed by atoms with Crippen LogP contribution in [0.5, 0.6) is 0 Å². The summed E-state index contributed by atoms with van der Waals surface area (Å²) in [5.74, 6) is -1.59. The second-order valence-electron chi connectivity index (χ2n) is 5.48. The van der Waals surface area contributed by atoms with Crippen molar-refractivity contribution in [1.82, 2.24) is 4.90 Å². The predicted molar refractivity (Wildman–Crippen MR) is 91.8 cm³/mol. The Morgan fingerprint density at radius 3 is 2.68 bits per heavy atom. The summed E-state index contributed by atoms with van der Waals surface area (Å²) in [4.78, 5) is 14.6. The Morgan fingerprint density at radius 1 is 1.32 bits per heavy atom. The fourth-order valence-corrected chi connectivity index (χ4v) is 4.68. The van der Waals surface area contributed by atoms with Crippen molar-refractivity contribution in [1.29, 1.82) is 0 Å². The fraction of sp³-hybridized carbons (Fsp3) is 0.267. The molecule has 0 saturated heterocycles. The van der Waals surface area contributed by atoms with Gasteiger partial charge in [0.25, 0.3) is 5.72 Å². The van der Waals surface area contributed by atoms with Crippen LogP contribution in [-0.2, 0) is 38.1 Å². The summed E-state index contributed by atoms with van der Waals surface area (Å²) in [6.07, 6.45) is 0.529. The van der Waals surface area contributed by atoms with E-state index in [0.29, 0.717) is 6.42 Å². The summed E-state index contributed by atoms with van der Waals surface area (Å²) in [6, 6.07) is 7.75. The Balaban J connectivity index is 2.18. The van der Waals surface area contributed by atoms with Gasteiger partial charge in [-0.1, -0.05) is 29.8 Å². The quantitative estimate of drug-likeness (QED) is 0.739. The lowest BCUT2D eigenvalue weighted by Crippen LogP contribution is -2.56. The molecule has 3 rings (SSSR count). The van der Waals surface area contributed by atoms with E-state index in [4.69, 9.17) is 15.8 Å².